The van der Waals surface area contributed by atoms with Crippen molar-refractivity contribution in [1.29, 1.82) is 0 Å². The largest absolute Gasteiger partial charge is 0.433 e. The van der Waals surface area contributed by atoms with Crippen molar-refractivity contribution < 1.29 is 18.3 Å². The van der Waals surface area contributed by atoms with Gasteiger partial charge >= 0.3 is 6.61 Å². The molecule has 1 N–H and O–H groups in total. The highest BCUT2D eigenvalue weighted by atomic mass is 19.3. The normalized spacial score (nSPS) is 10.6. The van der Waals surface area contributed by atoms with Gasteiger partial charge in [-0.1, -0.05) is 25.5 Å². The van der Waals surface area contributed by atoms with E-state index in [1.165, 1.54) is 12.1 Å². The molecule has 0 atom stereocenters. The van der Waals surface area contributed by atoms with Crippen LogP contribution in [0.4, 0.5) is 20.2 Å². The highest BCUT2D eigenvalue weighted by Crippen LogP contribution is 2.26. The van der Waals surface area contributed by atoms with Gasteiger partial charge in [-0.2, -0.15) is 8.78 Å². The maximum atomic E-state index is 12.4. The third kappa shape index (κ3) is 5.45. The molecule has 0 aliphatic heterocycles. The first kappa shape index (κ1) is 18.7. The van der Waals surface area contributed by atoms with Crippen LogP contribution in [0.25, 0.3) is 0 Å². The fraction of sp³-hybridized carbons (Fsp3) is 0.316. The first-order valence-corrected chi connectivity index (χ1v) is 8.17. The van der Waals surface area contributed by atoms with Crippen LogP contribution < -0.4 is 15.0 Å². The van der Waals surface area contributed by atoms with Crippen molar-refractivity contribution in [2.75, 3.05) is 23.8 Å². The standard InChI is InChI=1S/C19H22F2N2O2/c1-3-4-13-23(2)15-11-9-14(10-12-15)18(24)22-16-7-5-6-8-17(16)25-19(20)21/h5-12,19H,3-4,13H2,1-2H3,(H,22,24). The number of rotatable bonds is 8. The van der Waals surface area contributed by atoms with Gasteiger partial charge in [0.15, 0.2) is 0 Å². The van der Waals surface area contributed by atoms with Crippen molar-refractivity contribution >= 4 is 17.3 Å². The number of halogens is 2. The molecule has 134 valence electrons. The predicted molar refractivity (Wildman–Crippen MR) is 95.6 cm³/mol. The molecule has 0 aromatic heterocycles. The van der Waals surface area contributed by atoms with Crippen molar-refractivity contribution in [3.8, 4) is 5.75 Å². The van der Waals surface area contributed by atoms with Crippen molar-refractivity contribution in [2.45, 2.75) is 26.4 Å². The molecule has 4 nitrogen and oxygen atoms in total. The zero-order valence-electron chi connectivity index (χ0n) is 14.3. The second kappa shape index (κ2) is 9.01. The lowest BCUT2D eigenvalue weighted by molar-refractivity contribution is -0.0493. The van der Waals surface area contributed by atoms with Crippen LogP contribution in [0, 0.1) is 0 Å². The van der Waals surface area contributed by atoms with Gasteiger partial charge in [0, 0.05) is 24.8 Å². The number of carbonyl (C=O) groups excluding carboxylic acids is 1. The van der Waals surface area contributed by atoms with Crippen LogP contribution in [0.15, 0.2) is 48.5 Å². The van der Waals surface area contributed by atoms with Crippen molar-refractivity contribution in [3.05, 3.63) is 54.1 Å². The van der Waals surface area contributed by atoms with E-state index >= 15 is 0 Å². The Bertz CT molecular complexity index is 690. The number of alkyl halides is 2. The Hall–Kier alpha value is -2.63. The number of carbonyl (C=O) groups is 1. The molecule has 25 heavy (non-hydrogen) atoms. The Balaban J connectivity index is 2.06. The van der Waals surface area contributed by atoms with Gasteiger partial charge in [-0.25, -0.2) is 0 Å². The number of nitrogens with one attached hydrogen (secondary N) is 1. The molecule has 0 bridgehead atoms. The summed E-state index contributed by atoms with van der Waals surface area (Å²) in [5, 5.41) is 2.60. The number of hydrogen-bond acceptors (Lipinski definition) is 3. The van der Waals surface area contributed by atoms with E-state index in [1.54, 1.807) is 24.3 Å². The monoisotopic (exact) mass is 348 g/mol. The van der Waals surface area contributed by atoms with Gasteiger partial charge in [-0.3, -0.25) is 4.79 Å². The number of amides is 1. The smallest absolute Gasteiger partial charge is 0.387 e. The van der Waals surface area contributed by atoms with Crippen molar-refractivity contribution in [1.82, 2.24) is 0 Å². The van der Waals surface area contributed by atoms with Gasteiger partial charge in [0.05, 0.1) is 5.69 Å². The number of nitrogens with zero attached hydrogens (tertiary/aromatic N) is 1. The number of hydrogen-bond donors (Lipinski definition) is 1. The minimum Gasteiger partial charge on any atom is -0.433 e. The van der Waals surface area contributed by atoms with E-state index in [0.29, 0.717) is 5.56 Å². The molecule has 0 unspecified atom stereocenters. The molecule has 0 saturated carbocycles. The van der Waals surface area contributed by atoms with Gasteiger partial charge in [0.1, 0.15) is 5.75 Å². The summed E-state index contributed by atoms with van der Waals surface area (Å²) in [5.41, 5.74) is 1.67. The lowest BCUT2D eigenvalue weighted by Crippen LogP contribution is -2.18. The van der Waals surface area contributed by atoms with Crippen LogP contribution in [0.2, 0.25) is 0 Å². The molecule has 0 heterocycles. The summed E-state index contributed by atoms with van der Waals surface area (Å²) in [5.74, 6) is -0.449. The number of benzene rings is 2. The maximum absolute atomic E-state index is 12.4. The molecule has 1 amide bonds. The summed E-state index contributed by atoms with van der Waals surface area (Å²) in [6.45, 7) is 0.132. The average Bonchev–Trinajstić information content (AvgIpc) is 2.61. The quantitative estimate of drug-likeness (QED) is 0.747. The SMILES string of the molecule is CCCCN(C)c1ccc(C(=O)Nc2ccccc2OC(F)F)cc1. The van der Waals surface area contributed by atoms with Crippen LogP contribution in [-0.2, 0) is 0 Å². The molecule has 0 fully saturated rings. The average molecular weight is 348 g/mol. The Morgan fingerprint density at radius 3 is 2.48 bits per heavy atom. The second-order valence-corrected chi connectivity index (χ2v) is 5.65. The Kier molecular flexibility index (Phi) is 6.74. The van der Waals surface area contributed by atoms with Gasteiger partial charge < -0.3 is 15.0 Å². The minimum atomic E-state index is -2.95. The Morgan fingerprint density at radius 2 is 1.84 bits per heavy atom. The molecule has 0 radical (unpaired) electrons. The highest BCUT2D eigenvalue weighted by molar-refractivity contribution is 6.05. The third-order valence-corrected chi connectivity index (χ3v) is 3.77. The van der Waals surface area contributed by atoms with E-state index in [4.69, 9.17) is 0 Å². The van der Waals surface area contributed by atoms with E-state index < -0.39 is 6.61 Å². The summed E-state index contributed by atoms with van der Waals surface area (Å²) < 4.78 is 29.3. The number of unbranched alkanes of at least 4 members (excludes halogenated alkanes) is 1. The first-order valence-electron chi connectivity index (χ1n) is 8.17. The van der Waals surface area contributed by atoms with Gasteiger partial charge in [0.2, 0.25) is 0 Å². The minimum absolute atomic E-state index is 0.0678. The fourth-order valence-electron chi connectivity index (χ4n) is 2.35. The molecule has 0 spiro atoms. The second-order valence-electron chi connectivity index (χ2n) is 5.65. The van der Waals surface area contributed by atoms with Crippen LogP contribution in [0.1, 0.15) is 30.1 Å². The zero-order chi connectivity index (χ0) is 18.2. The zero-order valence-corrected chi connectivity index (χ0v) is 14.3. The topological polar surface area (TPSA) is 41.6 Å². The lowest BCUT2D eigenvalue weighted by atomic mass is 10.1. The van der Waals surface area contributed by atoms with Crippen LogP contribution in [-0.4, -0.2) is 26.1 Å². The molecule has 0 aliphatic rings. The molecular weight excluding hydrogens is 326 g/mol. The van der Waals surface area contributed by atoms with E-state index in [0.717, 1.165) is 25.1 Å². The van der Waals surface area contributed by atoms with Gasteiger partial charge in [-0.05, 0) is 42.8 Å². The number of ether oxygens (including phenoxy) is 1. The molecular formula is C19H22F2N2O2. The van der Waals surface area contributed by atoms with Crippen molar-refractivity contribution in [3.63, 3.8) is 0 Å². The van der Waals surface area contributed by atoms with E-state index in [-0.39, 0.29) is 17.3 Å². The van der Waals surface area contributed by atoms with E-state index in [1.807, 2.05) is 19.2 Å². The highest BCUT2D eigenvalue weighted by Gasteiger charge is 2.13. The lowest BCUT2D eigenvalue weighted by Gasteiger charge is -2.19. The molecule has 0 aliphatic carbocycles. The van der Waals surface area contributed by atoms with Crippen molar-refractivity contribution in [2.24, 2.45) is 0 Å². The first-order chi connectivity index (χ1) is 12.0. The fourth-order valence-corrected chi connectivity index (χ4v) is 2.35. The summed E-state index contributed by atoms with van der Waals surface area (Å²) in [6, 6.07) is 13.3. The Labute approximate surface area is 146 Å². The molecule has 6 heteroatoms. The molecule has 0 saturated heterocycles. The van der Waals surface area contributed by atoms with E-state index in [2.05, 4.69) is 21.9 Å². The maximum Gasteiger partial charge on any atom is 0.387 e. The van der Waals surface area contributed by atoms with Gasteiger partial charge in [0.25, 0.3) is 5.91 Å². The number of anilines is 2. The van der Waals surface area contributed by atoms with E-state index in [9.17, 15) is 13.6 Å². The van der Waals surface area contributed by atoms with Gasteiger partial charge in [-0.15, -0.1) is 0 Å². The van der Waals surface area contributed by atoms with Crippen LogP contribution in [0.5, 0.6) is 5.75 Å². The number of para-hydroxylation sites is 2. The summed E-state index contributed by atoms with van der Waals surface area (Å²) >= 11 is 0. The molecule has 2 rings (SSSR count). The van der Waals surface area contributed by atoms with Crippen LogP contribution in [0.3, 0.4) is 0 Å². The summed E-state index contributed by atoms with van der Waals surface area (Å²) in [4.78, 5) is 14.5. The summed E-state index contributed by atoms with van der Waals surface area (Å²) in [6.07, 6.45) is 2.21. The van der Waals surface area contributed by atoms with Crippen LogP contribution >= 0.6 is 0 Å². The molecule has 2 aromatic rings. The third-order valence-electron chi connectivity index (χ3n) is 3.77. The molecule has 2 aromatic carbocycles. The predicted octanol–water partition coefficient (Wildman–Crippen LogP) is 4.78. The Morgan fingerprint density at radius 1 is 1.16 bits per heavy atom. The summed E-state index contributed by atoms with van der Waals surface area (Å²) in [7, 11) is 2.00.